The van der Waals surface area contributed by atoms with Crippen LogP contribution in [0.25, 0.3) is 0 Å². The second-order valence-electron chi connectivity index (χ2n) is 4.95. The Morgan fingerprint density at radius 1 is 1.58 bits per heavy atom. The maximum Gasteiger partial charge on any atom is 0.311 e. The number of carbonyl (C=O) groups excluding carboxylic acids is 2. The molecule has 1 saturated heterocycles. The second kappa shape index (κ2) is 10.9. The van der Waals surface area contributed by atoms with E-state index in [-0.39, 0.29) is 36.8 Å². The lowest BCUT2D eigenvalue weighted by Gasteiger charge is -2.28. The first-order valence-electron chi connectivity index (χ1n) is 7.47. The van der Waals surface area contributed by atoms with Crippen LogP contribution in [0.3, 0.4) is 0 Å². The molecule has 0 aromatic carbocycles. The predicted octanol–water partition coefficient (Wildman–Crippen LogP) is 1.51. The molecule has 1 N–H and O–H groups in total. The van der Waals surface area contributed by atoms with Crippen molar-refractivity contribution in [3.8, 4) is 0 Å². The molecule has 1 amide bonds. The van der Waals surface area contributed by atoms with Crippen molar-refractivity contribution in [2.75, 3.05) is 32.8 Å². The molecule has 1 aromatic heterocycles. The van der Waals surface area contributed by atoms with E-state index in [0.717, 1.165) is 17.4 Å². The topological polar surface area (TPSA) is 80.8 Å². The van der Waals surface area contributed by atoms with Crippen molar-refractivity contribution >= 4 is 47.6 Å². The third kappa shape index (κ3) is 6.94. The SMILES string of the molecule is CCOC(=O)Cc1csc(SN(C[C@@H]2CNCCO2)C(C)=O)n1.Cl. The van der Waals surface area contributed by atoms with Crippen LogP contribution in [-0.4, -0.2) is 60.1 Å². The van der Waals surface area contributed by atoms with Gasteiger partial charge in [0, 0.05) is 37.3 Å². The van der Waals surface area contributed by atoms with Crippen LogP contribution in [0.4, 0.5) is 0 Å². The Kier molecular flexibility index (Phi) is 9.60. The molecule has 24 heavy (non-hydrogen) atoms. The van der Waals surface area contributed by atoms with Gasteiger partial charge in [-0.05, 0) is 6.92 Å². The first kappa shape index (κ1) is 21.2. The summed E-state index contributed by atoms with van der Waals surface area (Å²) in [6.07, 6.45) is 0.139. The van der Waals surface area contributed by atoms with Gasteiger partial charge in [-0.2, -0.15) is 0 Å². The molecule has 0 saturated carbocycles. The quantitative estimate of drug-likeness (QED) is 0.553. The van der Waals surface area contributed by atoms with Gasteiger partial charge in [0.2, 0.25) is 5.91 Å². The first-order valence-corrected chi connectivity index (χ1v) is 9.12. The van der Waals surface area contributed by atoms with E-state index in [4.69, 9.17) is 9.47 Å². The minimum absolute atomic E-state index is 0. The highest BCUT2D eigenvalue weighted by atomic mass is 35.5. The molecule has 136 valence electrons. The van der Waals surface area contributed by atoms with Crippen LogP contribution >= 0.6 is 35.7 Å². The van der Waals surface area contributed by atoms with E-state index in [1.807, 2.05) is 5.38 Å². The van der Waals surface area contributed by atoms with Crippen molar-refractivity contribution in [1.29, 1.82) is 0 Å². The molecule has 0 bridgehead atoms. The summed E-state index contributed by atoms with van der Waals surface area (Å²) in [4.78, 5) is 27.7. The van der Waals surface area contributed by atoms with Gasteiger partial charge in [-0.3, -0.25) is 13.9 Å². The van der Waals surface area contributed by atoms with Gasteiger partial charge in [0.1, 0.15) is 0 Å². The highest BCUT2D eigenvalue weighted by Crippen LogP contribution is 2.27. The maximum absolute atomic E-state index is 11.8. The zero-order valence-corrected chi connectivity index (χ0v) is 16.1. The predicted molar refractivity (Wildman–Crippen MR) is 95.6 cm³/mol. The summed E-state index contributed by atoms with van der Waals surface area (Å²) in [5, 5.41) is 5.06. The summed E-state index contributed by atoms with van der Waals surface area (Å²) < 4.78 is 12.9. The monoisotopic (exact) mass is 395 g/mol. The zero-order valence-electron chi connectivity index (χ0n) is 13.6. The number of rotatable bonds is 7. The lowest BCUT2D eigenvalue weighted by molar-refractivity contribution is -0.142. The van der Waals surface area contributed by atoms with Crippen LogP contribution in [0.15, 0.2) is 9.72 Å². The summed E-state index contributed by atoms with van der Waals surface area (Å²) in [6.45, 7) is 6.38. The average molecular weight is 396 g/mol. The fraction of sp³-hybridized carbons (Fsp3) is 0.643. The standard InChI is InChI=1S/C14H21N3O4S2.ClH/c1-3-20-13(19)6-11-9-22-14(16-11)23-17(10(2)18)8-12-7-15-4-5-21-12;/h9,12,15H,3-8H2,1-2H3;1H/t12-;/m0./s1. The number of halogens is 1. The summed E-state index contributed by atoms with van der Waals surface area (Å²) >= 11 is 2.69. The van der Waals surface area contributed by atoms with Crippen molar-refractivity contribution in [3.05, 3.63) is 11.1 Å². The van der Waals surface area contributed by atoms with Crippen molar-refractivity contribution in [3.63, 3.8) is 0 Å². The molecule has 0 spiro atoms. The van der Waals surface area contributed by atoms with E-state index in [9.17, 15) is 9.59 Å². The summed E-state index contributed by atoms with van der Waals surface area (Å²) in [5.74, 6) is -0.342. The van der Waals surface area contributed by atoms with Crippen LogP contribution in [0.2, 0.25) is 0 Å². The molecule has 1 aliphatic rings. The number of hydrogen-bond donors (Lipinski definition) is 1. The Hall–Kier alpha value is -0.870. The summed E-state index contributed by atoms with van der Waals surface area (Å²) in [5.41, 5.74) is 0.662. The number of ether oxygens (including phenoxy) is 2. The molecule has 1 fully saturated rings. The number of carbonyl (C=O) groups is 2. The van der Waals surface area contributed by atoms with Crippen LogP contribution in [0, 0.1) is 0 Å². The molecule has 7 nitrogen and oxygen atoms in total. The van der Waals surface area contributed by atoms with Gasteiger partial charge in [0.25, 0.3) is 0 Å². The van der Waals surface area contributed by atoms with E-state index >= 15 is 0 Å². The Balaban J connectivity index is 0.00000288. The molecule has 2 heterocycles. The van der Waals surface area contributed by atoms with E-state index in [1.165, 1.54) is 30.2 Å². The Bertz CT molecular complexity index is 538. The van der Waals surface area contributed by atoms with Gasteiger partial charge in [0.15, 0.2) is 4.34 Å². The summed E-state index contributed by atoms with van der Waals surface area (Å²) in [6, 6.07) is 0. The van der Waals surface area contributed by atoms with Gasteiger partial charge in [-0.1, -0.05) is 0 Å². The Morgan fingerprint density at radius 3 is 3.00 bits per heavy atom. The van der Waals surface area contributed by atoms with Crippen LogP contribution in [-0.2, 0) is 25.5 Å². The lowest BCUT2D eigenvalue weighted by atomic mass is 10.3. The average Bonchev–Trinajstić information content (AvgIpc) is 2.95. The molecule has 0 radical (unpaired) electrons. The number of nitrogens with zero attached hydrogens (tertiary/aromatic N) is 2. The van der Waals surface area contributed by atoms with E-state index < -0.39 is 0 Å². The third-order valence-electron chi connectivity index (χ3n) is 3.07. The maximum atomic E-state index is 11.8. The molecule has 2 rings (SSSR count). The minimum atomic E-state index is -0.292. The van der Waals surface area contributed by atoms with Gasteiger partial charge >= 0.3 is 5.97 Å². The van der Waals surface area contributed by atoms with Crippen molar-refractivity contribution in [2.24, 2.45) is 0 Å². The van der Waals surface area contributed by atoms with Gasteiger partial charge in [-0.25, -0.2) is 4.98 Å². The lowest BCUT2D eigenvalue weighted by Crippen LogP contribution is -2.44. The number of aromatic nitrogens is 1. The van der Waals surface area contributed by atoms with Crippen molar-refractivity contribution in [2.45, 2.75) is 30.7 Å². The highest BCUT2D eigenvalue weighted by molar-refractivity contribution is 7.99. The molecule has 1 atom stereocenters. The summed E-state index contributed by atoms with van der Waals surface area (Å²) in [7, 11) is 0. The Morgan fingerprint density at radius 2 is 2.38 bits per heavy atom. The van der Waals surface area contributed by atoms with Crippen LogP contribution < -0.4 is 5.32 Å². The smallest absolute Gasteiger partial charge is 0.311 e. The highest BCUT2D eigenvalue weighted by Gasteiger charge is 2.21. The van der Waals surface area contributed by atoms with Crippen molar-refractivity contribution in [1.82, 2.24) is 14.6 Å². The molecule has 10 heteroatoms. The molecule has 1 aromatic rings. The van der Waals surface area contributed by atoms with Crippen LogP contribution in [0.5, 0.6) is 0 Å². The number of amides is 1. The number of nitrogens with one attached hydrogen (secondary N) is 1. The number of hydrogen-bond acceptors (Lipinski definition) is 8. The largest absolute Gasteiger partial charge is 0.466 e. The van der Waals surface area contributed by atoms with Crippen molar-refractivity contribution < 1.29 is 19.1 Å². The fourth-order valence-electron chi connectivity index (χ4n) is 2.02. The Labute approximate surface area is 156 Å². The number of thiazole rings is 1. The van der Waals surface area contributed by atoms with Gasteiger partial charge < -0.3 is 14.8 Å². The molecule has 0 aliphatic carbocycles. The third-order valence-corrected chi connectivity index (χ3v) is 5.14. The minimum Gasteiger partial charge on any atom is -0.466 e. The normalized spacial score (nSPS) is 17.0. The second-order valence-corrected chi connectivity index (χ2v) is 7.08. The zero-order chi connectivity index (χ0) is 16.7. The number of morpholine rings is 1. The van der Waals surface area contributed by atoms with Gasteiger partial charge in [-0.15, -0.1) is 23.7 Å². The molecular weight excluding hydrogens is 374 g/mol. The number of esters is 1. The first-order chi connectivity index (χ1) is 11.1. The molecular formula is C14H22ClN3O4S2. The fourth-order valence-corrected chi connectivity index (χ4v) is 3.86. The molecule has 0 unspecified atom stereocenters. The van der Waals surface area contributed by atoms with Gasteiger partial charge in [0.05, 0.1) is 38.0 Å². The van der Waals surface area contributed by atoms with Crippen LogP contribution in [0.1, 0.15) is 19.5 Å². The van der Waals surface area contributed by atoms with E-state index in [1.54, 1.807) is 11.2 Å². The molecule has 1 aliphatic heterocycles. The van der Waals surface area contributed by atoms with E-state index in [2.05, 4.69) is 10.3 Å². The van der Waals surface area contributed by atoms with E-state index in [0.29, 0.717) is 25.5 Å².